The van der Waals surface area contributed by atoms with E-state index in [0.29, 0.717) is 13.2 Å². The zero-order valence-corrected chi connectivity index (χ0v) is 11.8. The Morgan fingerprint density at radius 3 is 2.32 bits per heavy atom. The van der Waals surface area contributed by atoms with Crippen molar-refractivity contribution >= 4 is 0 Å². The number of aromatic nitrogens is 2. The summed E-state index contributed by atoms with van der Waals surface area (Å²) in [4.78, 5) is 0. The van der Waals surface area contributed by atoms with Crippen LogP contribution in [0.4, 0.5) is 0 Å². The highest BCUT2D eigenvalue weighted by atomic mass is 16.5. The van der Waals surface area contributed by atoms with Crippen LogP contribution in [-0.2, 0) is 20.1 Å². The summed E-state index contributed by atoms with van der Waals surface area (Å²) in [6.07, 6.45) is 0.919. The largest absolute Gasteiger partial charge is 0.485 e. The van der Waals surface area contributed by atoms with Crippen molar-refractivity contribution in [1.82, 2.24) is 9.78 Å². The average Bonchev–Trinajstić information content (AvgIpc) is 2.64. The van der Waals surface area contributed by atoms with Crippen molar-refractivity contribution < 1.29 is 4.74 Å². The fourth-order valence-corrected chi connectivity index (χ4v) is 2.09. The quantitative estimate of drug-likeness (QED) is 0.894. The van der Waals surface area contributed by atoms with E-state index in [2.05, 4.69) is 29.4 Å². The van der Waals surface area contributed by atoms with Gasteiger partial charge in [0.2, 0.25) is 0 Å². The van der Waals surface area contributed by atoms with Crippen molar-refractivity contribution in [3.8, 4) is 5.75 Å². The third-order valence-corrected chi connectivity index (χ3v) is 3.28. The van der Waals surface area contributed by atoms with Crippen LogP contribution in [0.15, 0.2) is 24.3 Å². The minimum atomic E-state index is 0.566. The highest BCUT2D eigenvalue weighted by molar-refractivity contribution is 5.32. The van der Waals surface area contributed by atoms with Gasteiger partial charge in [-0.05, 0) is 37.9 Å². The fourth-order valence-electron chi connectivity index (χ4n) is 2.09. The number of rotatable bonds is 5. The second-order valence-corrected chi connectivity index (χ2v) is 4.77. The molecule has 0 unspecified atom stereocenters. The lowest BCUT2D eigenvalue weighted by Gasteiger charge is -2.07. The Morgan fingerprint density at radius 2 is 1.79 bits per heavy atom. The van der Waals surface area contributed by atoms with E-state index in [-0.39, 0.29) is 0 Å². The summed E-state index contributed by atoms with van der Waals surface area (Å²) in [5.41, 5.74) is 9.94. The van der Waals surface area contributed by atoms with Crippen LogP contribution in [0.5, 0.6) is 5.75 Å². The molecule has 0 radical (unpaired) electrons. The molecule has 2 N–H and O–H groups in total. The minimum absolute atomic E-state index is 0.566. The molecule has 1 aromatic heterocycles. The fraction of sp³-hybridized carbons (Fsp3) is 0.400. The lowest BCUT2D eigenvalue weighted by Crippen LogP contribution is -2.03. The van der Waals surface area contributed by atoms with E-state index in [4.69, 9.17) is 10.5 Å². The Morgan fingerprint density at radius 1 is 1.16 bits per heavy atom. The molecule has 19 heavy (non-hydrogen) atoms. The Kier molecular flexibility index (Phi) is 4.22. The first-order valence-electron chi connectivity index (χ1n) is 6.52. The molecule has 2 rings (SSSR count). The normalized spacial score (nSPS) is 10.7. The predicted octanol–water partition coefficient (Wildman–Crippen LogP) is 2.12. The second kappa shape index (κ2) is 5.89. The van der Waals surface area contributed by atoms with E-state index < -0.39 is 0 Å². The van der Waals surface area contributed by atoms with Crippen LogP contribution >= 0.6 is 0 Å². The molecule has 1 heterocycles. The lowest BCUT2D eigenvalue weighted by atomic mass is 10.1. The summed E-state index contributed by atoms with van der Waals surface area (Å²) in [6.45, 7) is 5.23. The molecule has 102 valence electrons. The van der Waals surface area contributed by atoms with E-state index in [0.717, 1.165) is 29.1 Å². The first-order chi connectivity index (χ1) is 9.11. The molecule has 1 aromatic carbocycles. The van der Waals surface area contributed by atoms with E-state index >= 15 is 0 Å². The molecular formula is C15H21N3O. The number of benzene rings is 1. The Bertz CT molecular complexity index is 543. The van der Waals surface area contributed by atoms with Gasteiger partial charge in [-0.1, -0.05) is 24.3 Å². The SMILES string of the molecule is Cc1nn(C)c(C)c1OCc1ccc(CCN)cc1. The van der Waals surface area contributed by atoms with Crippen molar-refractivity contribution in [3.05, 3.63) is 46.8 Å². The summed E-state index contributed by atoms with van der Waals surface area (Å²) in [6, 6.07) is 8.39. The smallest absolute Gasteiger partial charge is 0.163 e. The van der Waals surface area contributed by atoms with Crippen LogP contribution < -0.4 is 10.5 Å². The molecule has 0 saturated heterocycles. The Hall–Kier alpha value is -1.81. The van der Waals surface area contributed by atoms with Gasteiger partial charge < -0.3 is 10.5 Å². The van der Waals surface area contributed by atoms with E-state index in [1.807, 2.05) is 25.6 Å². The number of nitrogens with two attached hydrogens (primary N) is 1. The number of hydrogen-bond acceptors (Lipinski definition) is 3. The molecule has 4 heteroatoms. The number of nitrogens with zero attached hydrogens (tertiary/aromatic N) is 2. The molecule has 0 atom stereocenters. The highest BCUT2D eigenvalue weighted by Crippen LogP contribution is 2.22. The number of hydrogen-bond donors (Lipinski definition) is 1. The van der Waals surface area contributed by atoms with E-state index in [9.17, 15) is 0 Å². The van der Waals surface area contributed by atoms with Crippen LogP contribution in [0.1, 0.15) is 22.5 Å². The molecule has 0 bridgehead atoms. The molecule has 0 fully saturated rings. The van der Waals surface area contributed by atoms with Gasteiger partial charge in [0.05, 0.1) is 5.69 Å². The molecule has 0 aliphatic carbocycles. The van der Waals surface area contributed by atoms with Gasteiger partial charge in [0.25, 0.3) is 0 Å². The first-order valence-corrected chi connectivity index (χ1v) is 6.52. The summed E-state index contributed by atoms with van der Waals surface area (Å²) in [5, 5.41) is 4.34. The first kappa shape index (κ1) is 13.6. The minimum Gasteiger partial charge on any atom is -0.485 e. The van der Waals surface area contributed by atoms with Gasteiger partial charge in [0.15, 0.2) is 5.75 Å². The summed E-state index contributed by atoms with van der Waals surface area (Å²) in [7, 11) is 1.93. The molecule has 4 nitrogen and oxygen atoms in total. The van der Waals surface area contributed by atoms with Gasteiger partial charge in [0, 0.05) is 7.05 Å². The topological polar surface area (TPSA) is 53.1 Å². The van der Waals surface area contributed by atoms with E-state index in [1.165, 1.54) is 5.56 Å². The van der Waals surface area contributed by atoms with Crippen LogP contribution in [-0.4, -0.2) is 16.3 Å². The van der Waals surface area contributed by atoms with Crippen LogP contribution in [0, 0.1) is 13.8 Å². The standard InChI is InChI=1S/C15H21N3O/c1-11-15(12(2)18(3)17-11)19-10-14-6-4-13(5-7-14)8-9-16/h4-7H,8-10,16H2,1-3H3. The van der Waals surface area contributed by atoms with Gasteiger partial charge in [-0.3, -0.25) is 4.68 Å². The van der Waals surface area contributed by atoms with Crippen molar-refractivity contribution in [1.29, 1.82) is 0 Å². The van der Waals surface area contributed by atoms with Crippen molar-refractivity contribution in [3.63, 3.8) is 0 Å². The molecule has 0 aliphatic rings. The van der Waals surface area contributed by atoms with E-state index in [1.54, 1.807) is 0 Å². The van der Waals surface area contributed by atoms with Gasteiger partial charge in [0.1, 0.15) is 12.3 Å². The van der Waals surface area contributed by atoms with Gasteiger partial charge >= 0.3 is 0 Å². The molecule has 2 aromatic rings. The number of aryl methyl sites for hydroxylation is 2. The maximum atomic E-state index is 5.87. The molecular weight excluding hydrogens is 238 g/mol. The van der Waals surface area contributed by atoms with Crippen LogP contribution in [0.25, 0.3) is 0 Å². The maximum absolute atomic E-state index is 5.87. The van der Waals surface area contributed by atoms with Gasteiger partial charge in [-0.25, -0.2) is 0 Å². The number of ether oxygens (including phenoxy) is 1. The molecule has 0 amide bonds. The third-order valence-electron chi connectivity index (χ3n) is 3.28. The van der Waals surface area contributed by atoms with Crippen LogP contribution in [0.2, 0.25) is 0 Å². The Balaban J connectivity index is 2.02. The maximum Gasteiger partial charge on any atom is 0.163 e. The summed E-state index contributed by atoms with van der Waals surface area (Å²) < 4.78 is 7.71. The zero-order chi connectivity index (χ0) is 13.8. The van der Waals surface area contributed by atoms with Crippen molar-refractivity contribution in [2.45, 2.75) is 26.9 Å². The van der Waals surface area contributed by atoms with Crippen LogP contribution in [0.3, 0.4) is 0 Å². The molecule has 0 saturated carbocycles. The second-order valence-electron chi connectivity index (χ2n) is 4.77. The van der Waals surface area contributed by atoms with Crippen molar-refractivity contribution in [2.75, 3.05) is 6.54 Å². The summed E-state index contributed by atoms with van der Waals surface area (Å²) >= 11 is 0. The average molecular weight is 259 g/mol. The van der Waals surface area contributed by atoms with Crippen molar-refractivity contribution in [2.24, 2.45) is 12.8 Å². The lowest BCUT2D eigenvalue weighted by molar-refractivity contribution is 0.301. The highest BCUT2D eigenvalue weighted by Gasteiger charge is 2.10. The van der Waals surface area contributed by atoms with Gasteiger partial charge in [-0.15, -0.1) is 0 Å². The predicted molar refractivity (Wildman–Crippen MR) is 76.2 cm³/mol. The van der Waals surface area contributed by atoms with Gasteiger partial charge in [-0.2, -0.15) is 5.10 Å². The Labute approximate surface area is 114 Å². The zero-order valence-electron chi connectivity index (χ0n) is 11.8. The monoisotopic (exact) mass is 259 g/mol. The summed E-state index contributed by atoms with van der Waals surface area (Å²) in [5.74, 6) is 0.883. The third kappa shape index (κ3) is 3.15. The molecule has 0 aliphatic heterocycles. The molecule has 0 spiro atoms.